The van der Waals surface area contributed by atoms with Gasteiger partial charge in [0.25, 0.3) is 0 Å². The molecule has 1 spiro atoms. The highest BCUT2D eigenvalue weighted by Crippen LogP contribution is 2.68. The fourth-order valence-corrected chi connectivity index (χ4v) is 9.45. The second-order valence-electron chi connectivity index (χ2n) is 11.5. The first kappa shape index (κ1) is 18.8. The highest BCUT2D eigenvalue weighted by molar-refractivity contribution is 6.13. The highest BCUT2D eigenvalue weighted by atomic mass is 15.0. The summed E-state index contributed by atoms with van der Waals surface area (Å²) in [6.45, 7) is 4.68. The fourth-order valence-electron chi connectivity index (χ4n) is 9.45. The zero-order valence-corrected chi connectivity index (χ0v) is 19.9. The molecule has 0 unspecified atom stereocenters. The third-order valence-electron chi connectivity index (χ3n) is 10.3. The molecule has 4 aromatic rings. The van der Waals surface area contributed by atoms with Crippen LogP contribution in [-0.2, 0) is 18.3 Å². The first-order chi connectivity index (χ1) is 16.3. The van der Waals surface area contributed by atoms with Gasteiger partial charge in [0.2, 0.25) is 0 Å². The monoisotopic (exact) mass is 431 g/mol. The molecule has 2 heterocycles. The maximum atomic E-state index is 2.70. The largest absolute Gasteiger partial charge is 0.308 e. The van der Waals surface area contributed by atoms with Gasteiger partial charge in [0.05, 0.1) is 16.7 Å². The Hall–Kier alpha value is -2.54. The van der Waals surface area contributed by atoms with Gasteiger partial charge in [0.1, 0.15) is 0 Å². The zero-order chi connectivity index (χ0) is 21.9. The van der Waals surface area contributed by atoms with E-state index in [1.54, 1.807) is 22.3 Å². The summed E-state index contributed by atoms with van der Waals surface area (Å²) in [5, 5.41) is 2.99. The molecule has 5 aliphatic rings. The Labute approximate surface area is 196 Å². The zero-order valence-electron chi connectivity index (χ0n) is 19.9. The molecule has 4 bridgehead atoms. The van der Waals surface area contributed by atoms with Gasteiger partial charge in [0, 0.05) is 16.2 Å². The molecule has 0 amide bonds. The molecule has 4 saturated carbocycles. The second kappa shape index (κ2) is 6.32. The van der Waals surface area contributed by atoms with Crippen LogP contribution in [0.15, 0.2) is 54.6 Å². The van der Waals surface area contributed by atoms with Gasteiger partial charge in [-0.2, -0.15) is 0 Å². The van der Waals surface area contributed by atoms with E-state index in [2.05, 4.69) is 73.0 Å². The maximum absolute atomic E-state index is 2.70. The Bertz CT molecular complexity index is 1420. The number of nitrogens with zero attached hydrogens (tertiary/aromatic N) is 1. The molecular formula is C32H33N. The molecule has 0 atom stereocenters. The Kier molecular flexibility index (Phi) is 3.61. The Morgan fingerprint density at radius 1 is 0.727 bits per heavy atom. The van der Waals surface area contributed by atoms with Crippen LogP contribution in [0.4, 0.5) is 0 Å². The van der Waals surface area contributed by atoms with Crippen molar-refractivity contribution >= 4 is 21.8 Å². The minimum atomic E-state index is 0.211. The van der Waals surface area contributed by atoms with Crippen LogP contribution in [0.2, 0.25) is 0 Å². The van der Waals surface area contributed by atoms with Crippen LogP contribution in [-0.4, -0.2) is 4.57 Å². The topological polar surface area (TPSA) is 4.93 Å². The summed E-state index contributed by atoms with van der Waals surface area (Å²) in [6, 6.07) is 21.6. The van der Waals surface area contributed by atoms with Crippen molar-refractivity contribution in [2.24, 2.45) is 23.7 Å². The van der Waals surface area contributed by atoms with Crippen LogP contribution in [0.1, 0.15) is 68.2 Å². The number of aryl methyl sites for hydroxylation is 2. The van der Waals surface area contributed by atoms with Crippen LogP contribution >= 0.6 is 0 Å². The predicted molar refractivity (Wildman–Crippen MR) is 137 cm³/mol. The van der Waals surface area contributed by atoms with Crippen molar-refractivity contribution in [3.05, 3.63) is 76.9 Å². The third kappa shape index (κ3) is 2.08. The average Bonchev–Trinajstić information content (AvgIpc) is 3.19. The van der Waals surface area contributed by atoms with Crippen LogP contribution in [0.5, 0.6) is 0 Å². The second-order valence-corrected chi connectivity index (χ2v) is 11.5. The SMILES string of the molecule is CCc1cccc2c1-n1c3ccccc3c3c(CC)ccc(c31)C21C2CC3CC(C2)CC1C3. The standard InChI is InChI=1S/C32H33N/c1-3-21-12-13-27-31-29(21)25-9-5-6-11-28(25)33(31)30-22(4-2)8-7-10-26(30)32(27)23-15-19-14-20(17-23)18-24(32)16-19/h5-13,19-20,23-24H,3-4,14-18H2,1-2H3. The van der Waals surface area contributed by atoms with E-state index < -0.39 is 0 Å². The molecule has 0 radical (unpaired) electrons. The molecule has 1 heteroatoms. The molecule has 1 nitrogen and oxygen atoms in total. The van der Waals surface area contributed by atoms with Gasteiger partial charge < -0.3 is 4.57 Å². The van der Waals surface area contributed by atoms with Crippen LogP contribution in [0.3, 0.4) is 0 Å². The van der Waals surface area contributed by atoms with E-state index in [-0.39, 0.29) is 5.41 Å². The van der Waals surface area contributed by atoms with Gasteiger partial charge in [-0.15, -0.1) is 0 Å². The number of fused-ring (bicyclic) bond motifs is 5. The molecule has 3 aromatic carbocycles. The summed E-state index contributed by atoms with van der Waals surface area (Å²) in [7, 11) is 0. The van der Waals surface area contributed by atoms with E-state index in [9.17, 15) is 0 Å². The van der Waals surface area contributed by atoms with Gasteiger partial charge >= 0.3 is 0 Å². The average molecular weight is 432 g/mol. The summed E-state index contributed by atoms with van der Waals surface area (Å²) < 4.78 is 2.70. The summed E-state index contributed by atoms with van der Waals surface area (Å²) in [4.78, 5) is 0. The van der Waals surface area contributed by atoms with Gasteiger partial charge in [-0.1, -0.05) is 62.4 Å². The van der Waals surface area contributed by atoms with E-state index in [1.807, 2.05) is 0 Å². The minimum Gasteiger partial charge on any atom is -0.308 e. The van der Waals surface area contributed by atoms with Crippen LogP contribution in [0.25, 0.3) is 27.5 Å². The first-order valence-corrected chi connectivity index (χ1v) is 13.4. The number of hydrogen-bond acceptors (Lipinski definition) is 0. The molecular weight excluding hydrogens is 398 g/mol. The molecule has 1 aliphatic heterocycles. The fraction of sp³-hybridized carbons (Fsp3) is 0.438. The normalized spacial score (nSPS) is 31.1. The molecule has 0 saturated heterocycles. The number of hydrogen-bond donors (Lipinski definition) is 0. The molecule has 166 valence electrons. The maximum Gasteiger partial charge on any atom is 0.0585 e. The van der Waals surface area contributed by atoms with Crippen LogP contribution < -0.4 is 0 Å². The quantitative estimate of drug-likeness (QED) is 0.303. The Morgan fingerprint density at radius 2 is 1.45 bits per heavy atom. The smallest absolute Gasteiger partial charge is 0.0585 e. The number of benzene rings is 3. The number of rotatable bonds is 2. The molecule has 0 N–H and O–H groups in total. The van der Waals surface area contributed by atoms with Crippen molar-refractivity contribution in [1.82, 2.24) is 4.57 Å². The van der Waals surface area contributed by atoms with Crippen molar-refractivity contribution in [3.8, 4) is 5.69 Å². The Balaban J connectivity index is 1.61. The van der Waals surface area contributed by atoms with E-state index in [0.717, 1.165) is 36.5 Å². The number of aromatic nitrogens is 1. The van der Waals surface area contributed by atoms with E-state index >= 15 is 0 Å². The predicted octanol–water partition coefficient (Wildman–Crippen LogP) is 7.96. The summed E-state index contributed by atoms with van der Waals surface area (Å²) >= 11 is 0. The van der Waals surface area contributed by atoms with Crippen LogP contribution in [0, 0.1) is 23.7 Å². The van der Waals surface area contributed by atoms with E-state index in [1.165, 1.54) is 59.5 Å². The first-order valence-electron chi connectivity index (χ1n) is 13.4. The summed E-state index contributed by atoms with van der Waals surface area (Å²) in [5.74, 6) is 3.58. The van der Waals surface area contributed by atoms with E-state index in [0.29, 0.717) is 0 Å². The Morgan fingerprint density at radius 3 is 2.18 bits per heavy atom. The van der Waals surface area contributed by atoms with Crippen molar-refractivity contribution in [2.45, 2.75) is 64.2 Å². The molecule has 4 fully saturated rings. The number of para-hydroxylation sites is 2. The van der Waals surface area contributed by atoms with Crippen molar-refractivity contribution in [2.75, 3.05) is 0 Å². The lowest BCUT2D eigenvalue weighted by Gasteiger charge is -2.63. The molecule has 33 heavy (non-hydrogen) atoms. The van der Waals surface area contributed by atoms with Gasteiger partial charge in [-0.3, -0.25) is 0 Å². The third-order valence-corrected chi connectivity index (χ3v) is 10.3. The lowest BCUT2D eigenvalue weighted by Crippen LogP contribution is -2.57. The lowest BCUT2D eigenvalue weighted by molar-refractivity contribution is -0.0419. The molecule has 1 aromatic heterocycles. The lowest BCUT2D eigenvalue weighted by atomic mass is 9.41. The summed E-state index contributed by atoms with van der Waals surface area (Å²) in [6.07, 6.45) is 9.48. The van der Waals surface area contributed by atoms with Gasteiger partial charge in [0.15, 0.2) is 0 Å². The summed E-state index contributed by atoms with van der Waals surface area (Å²) in [5.41, 5.74) is 11.1. The van der Waals surface area contributed by atoms with Crippen molar-refractivity contribution in [3.63, 3.8) is 0 Å². The van der Waals surface area contributed by atoms with Crippen molar-refractivity contribution in [1.29, 1.82) is 0 Å². The molecule has 9 rings (SSSR count). The van der Waals surface area contributed by atoms with E-state index in [4.69, 9.17) is 0 Å². The highest BCUT2D eigenvalue weighted by Gasteiger charge is 2.61. The van der Waals surface area contributed by atoms with Gasteiger partial charge in [-0.25, -0.2) is 0 Å². The van der Waals surface area contributed by atoms with Gasteiger partial charge in [-0.05, 0) is 96.9 Å². The molecule has 4 aliphatic carbocycles. The minimum absolute atomic E-state index is 0.211. The van der Waals surface area contributed by atoms with Crippen molar-refractivity contribution < 1.29 is 0 Å².